The van der Waals surface area contributed by atoms with E-state index in [9.17, 15) is 9.59 Å². The summed E-state index contributed by atoms with van der Waals surface area (Å²) in [5.74, 6) is 0.192. The highest BCUT2D eigenvalue weighted by Gasteiger charge is 2.17. The molecule has 0 aromatic carbocycles. The number of aryl methyl sites for hydroxylation is 1. The van der Waals surface area contributed by atoms with Crippen molar-refractivity contribution in [2.75, 3.05) is 5.32 Å². The molecule has 4 aromatic rings. The quantitative estimate of drug-likeness (QED) is 0.511. The van der Waals surface area contributed by atoms with Crippen molar-refractivity contribution < 1.29 is 9.90 Å². The minimum Gasteiger partial charge on any atom is -0.465 e. The van der Waals surface area contributed by atoms with Gasteiger partial charge in [0.2, 0.25) is 0 Å². The molecule has 26 heavy (non-hydrogen) atoms. The molecule has 0 bridgehead atoms. The fourth-order valence-corrected chi connectivity index (χ4v) is 4.26. The van der Waals surface area contributed by atoms with Crippen LogP contribution >= 0.6 is 27.3 Å². The van der Waals surface area contributed by atoms with Crippen LogP contribution < -0.4 is 10.9 Å². The molecule has 4 aromatic heterocycles. The van der Waals surface area contributed by atoms with E-state index in [0.29, 0.717) is 11.2 Å². The predicted molar refractivity (Wildman–Crippen MR) is 101 cm³/mol. The summed E-state index contributed by atoms with van der Waals surface area (Å²) in [7, 11) is 1.79. The average molecular weight is 435 g/mol. The lowest BCUT2D eigenvalue weighted by Crippen LogP contribution is -2.25. The van der Waals surface area contributed by atoms with Crippen LogP contribution in [0.2, 0.25) is 0 Å². The van der Waals surface area contributed by atoms with E-state index in [1.807, 2.05) is 0 Å². The zero-order valence-electron chi connectivity index (χ0n) is 13.3. The number of nitrogens with zero attached hydrogens (tertiary/aromatic N) is 5. The number of aromatic nitrogens is 5. The Kier molecular flexibility index (Phi) is 3.96. The number of amides is 1. The van der Waals surface area contributed by atoms with Gasteiger partial charge in [-0.05, 0) is 28.1 Å². The van der Waals surface area contributed by atoms with Crippen LogP contribution in [-0.2, 0) is 13.6 Å². The van der Waals surface area contributed by atoms with Gasteiger partial charge in [0.15, 0.2) is 9.56 Å². The Morgan fingerprint density at radius 1 is 1.38 bits per heavy atom. The van der Waals surface area contributed by atoms with E-state index >= 15 is 0 Å². The molecule has 2 N–H and O–H groups in total. The van der Waals surface area contributed by atoms with Gasteiger partial charge < -0.3 is 9.67 Å². The number of pyridine rings is 1. The summed E-state index contributed by atoms with van der Waals surface area (Å²) in [4.78, 5) is 32.2. The number of fused-ring (bicyclic) bond motifs is 3. The molecule has 0 spiro atoms. The maximum absolute atomic E-state index is 12.9. The Bertz CT molecular complexity index is 1230. The predicted octanol–water partition coefficient (Wildman–Crippen LogP) is 2.64. The molecule has 4 rings (SSSR count). The number of halogens is 1. The fourth-order valence-electron chi connectivity index (χ4n) is 2.78. The second-order valence-electron chi connectivity index (χ2n) is 5.49. The largest absolute Gasteiger partial charge is 0.465 e. The topological polar surface area (TPSA) is 115 Å². The van der Waals surface area contributed by atoms with E-state index in [1.54, 1.807) is 29.9 Å². The second kappa shape index (κ2) is 6.18. The zero-order valence-corrected chi connectivity index (χ0v) is 15.7. The normalized spacial score (nSPS) is 11.3. The minimum atomic E-state index is -1.20. The summed E-state index contributed by atoms with van der Waals surface area (Å²) in [5, 5.41) is 16.0. The van der Waals surface area contributed by atoms with E-state index < -0.39 is 6.09 Å². The van der Waals surface area contributed by atoms with Gasteiger partial charge in [0.05, 0.1) is 23.1 Å². The van der Waals surface area contributed by atoms with Crippen molar-refractivity contribution >= 4 is 60.4 Å². The molecular weight excluding hydrogens is 424 g/mol. The standard InChI is InChI=1S/C15H11BrN6O3S/c1-21-10-8(11-12(21)20-14(16)26-11)5-17-22(13(10)23)6-7-3-2-4-9(18-7)19-15(24)25/h2-5H,6H2,1H3,(H,18,19)(H,24,25). The molecule has 0 fully saturated rings. The number of nitrogens with one attached hydrogen (secondary N) is 1. The van der Waals surface area contributed by atoms with Crippen LogP contribution in [0.25, 0.3) is 21.3 Å². The molecule has 0 saturated carbocycles. The summed E-state index contributed by atoms with van der Waals surface area (Å²) in [6, 6.07) is 4.90. The summed E-state index contributed by atoms with van der Waals surface area (Å²) in [6.07, 6.45) is 0.442. The highest BCUT2D eigenvalue weighted by atomic mass is 79.9. The van der Waals surface area contributed by atoms with Crippen LogP contribution in [0, 0.1) is 0 Å². The number of hydrogen-bond donors (Lipinski definition) is 2. The van der Waals surface area contributed by atoms with Gasteiger partial charge in [0, 0.05) is 12.4 Å². The van der Waals surface area contributed by atoms with Crippen molar-refractivity contribution in [3.8, 4) is 0 Å². The Hall–Kier alpha value is -2.79. The summed E-state index contributed by atoms with van der Waals surface area (Å²) < 4.78 is 4.70. The highest BCUT2D eigenvalue weighted by Crippen LogP contribution is 2.32. The number of thiazole rings is 1. The molecule has 4 heterocycles. The van der Waals surface area contributed by atoms with Gasteiger partial charge in [-0.15, -0.1) is 11.3 Å². The molecular formula is C15H11BrN6O3S. The minimum absolute atomic E-state index is 0.125. The first-order valence-corrected chi connectivity index (χ1v) is 9.01. The van der Waals surface area contributed by atoms with Crippen molar-refractivity contribution in [2.45, 2.75) is 6.54 Å². The Morgan fingerprint density at radius 3 is 2.96 bits per heavy atom. The van der Waals surface area contributed by atoms with Crippen LogP contribution in [0.4, 0.5) is 10.6 Å². The number of hydrogen-bond acceptors (Lipinski definition) is 6. The van der Waals surface area contributed by atoms with Gasteiger partial charge >= 0.3 is 6.09 Å². The van der Waals surface area contributed by atoms with E-state index in [4.69, 9.17) is 5.11 Å². The first kappa shape index (κ1) is 16.7. The molecule has 0 aliphatic rings. The number of rotatable bonds is 3. The molecule has 0 aliphatic heterocycles. The van der Waals surface area contributed by atoms with Gasteiger partial charge in [-0.2, -0.15) is 5.10 Å². The first-order valence-electron chi connectivity index (χ1n) is 7.40. The molecule has 0 unspecified atom stereocenters. The number of anilines is 1. The van der Waals surface area contributed by atoms with Crippen LogP contribution in [0.1, 0.15) is 5.69 Å². The fraction of sp³-hybridized carbons (Fsp3) is 0.133. The molecule has 11 heteroatoms. The SMILES string of the molecule is Cn1c2nc(Br)sc2c2cnn(Cc3cccc(NC(=O)O)n3)c(=O)c21. The molecule has 0 radical (unpaired) electrons. The van der Waals surface area contributed by atoms with Crippen LogP contribution in [0.15, 0.2) is 33.1 Å². The van der Waals surface area contributed by atoms with E-state index in [2.05, 4.69) is 36.3 Å². The van der Waals surface area contributed by atoms with E-state index in [0.717, 1.165) is 19.7 Å². The lowest BCUT2D eigenvalue weighted by atomic mass is 10.3. The smallest absolute Gasteiger partial charge is 0.410 e. The van der Waals surface area contributed by atoms with Crippen LogP contribution in [-0.4, -0.2) is 35.5 Å². The van der Waals surface area contributed by atoms with Gasteiger partial charge in [-0.1, -0.05) is 6.07 Å². The van der Waals surface area contributed by atoms with E-state index in [-0.39, 0.29) is 17.9 Å². The maximum Gasteiger partial charge on any atom is 0.410 e. The lowest BCUT2D eigenvalue weighted by Gasteiger charge is -2.07. The lowest BCUT2D eigenvalue weighted by molar-refractivity contribution is 0.209. The third-order valence-corrected chi connectivity index (χ3v) is 5.38. The van der Waals surface area contributed by atoms with Gasteiger partial charge in [-0.3, -0.25) is 10.1 Å². The molecule has 0 atom stereocenters. The molecule has 0 saturated heterocycles. The van der Waals surface area contributed by atoms with Crippen LogP contribution in [0.5, 0.6) is 0 Å². The zero-order chi connectivity index (χ0) is 18.4. The Labute approximate surface area is 158 Å². The molecule has 0 aliphatic carbocycles. The Morgan fingerprint density at radius 2 is 2.19 bits per heavy atom. The molecule has 9 nitrogen and oxygen atoms in total. The van der Waals surface area contributed by atoms with Crippen LogP contribution in [0.3, 0.4) is 0 Å². The highest BCUT2D eigenvalue weighted by molar-refractivity contribution is 9.11. The van der Waals surface area contributed by atoms with E-state index in [1.165, 1.54) is 22.1 Å². The van der Waals surface area contributed by atoms with Crippen molar-refractivity contribution in [3.05, 3.63) is 44.4 Å². The van der Waals surface area contributed by atoms with Crippen molar-refractivity contribution in [2.24, 2.45) is 7.05 Å². The average Bonchev–Trinajstić information content (AvgIpc) is 3.07. The second-order valence-corrected chi connectivity index (χ2v) is 7.77. The molecule has 1 amide bonds. The maximum atomic E-state index is 12.9. The van der Waals surface area contributed by atoms with Gasteiger partial charge in [0.25, 0.3) is 5.56 Å². The number of carboxylic acid groups (broad SMARTS) is 1. The van der Waals surface area contributed by atoms with Crippen molar-refractivity contribution in [1.82, 2.24) is 24.3 Å². The third-order valence-electron chi connectivity index (χ3n) is 3.85. The monoisotopic (exact) mass is 434 g/mol. The number of carbonyl (C=O) groups is 1. The Balaban J connectivity index is 1.78. The van der Waals surface area contributed by atoms with Gasteiger partial charge in [-0.25, -0.2) is 19.4 Å². The van der Waals surface area contributed by atoms with Crippen molar-refractivity contribution in [1.29, 1.82) is 0 Å². The van der Waals surface area contributed by atoms with Gasteiger partial charge in [0.1, 0.15) is 11.3 Å². The van der Waals surface area contributed by atoms with Crippen molar-refractivity contribution in [3.63, 3.8) is 0 Å². The summed E-state index contributed by atoms with van der Waals surface area (Å²) >= 11 is 4.81. The third kappa shape index (κ3) is 2.74. The molecule has 132 valence electrons. The first-order chi connectivity index (χ1) is 12.4. The summed E-state index contributed by atoms with van der Waals surface area (Å²) in [5.41, 5.74) is 1.49. The summed E-state index contributed by atoms with van der Waals surface area (Å²) in [6.45, 7) is 0.125.